The first-order chi connectivity index (χ1) is 5.27. The molecule has 2 heteroatoms. The molecule has 3 N–H and O–H groups in total. The highest BCUT2D eigenvalue weighted by atomic mass is 16.3. The van der Waals surface area contributed by atoms with Gasteiger partial charge in [0.05, 0.1) is 0 Å². The molecule has 11 heavy (non-hydrogen) atoms. The maximum absolute atomic E-state index is 9.13. The molecule has 0 bridgehead atoms. The van der Waals surface area contributed by atoms with Crippen molar-refractivity contribution in [2.24, 2.45) is 5.73 Å². The zero-order chi connectivity index (χ0) is 7.84. The monoisotopic (exact) mass is 147 g/mol. The van der Waals surface area contributed by atoms with Crippen molar-refractivity contribution in [3.8, 4) is 5.75 Å². The van der Waals surface area contributed by atoms with Crippen molar-refractivity contribution in [3.63, 3.8) is 0 Å². The Kier molecular flexibility index (Phi) is 1.23. The highest BCUT2D eigenvalue weighted by Crippen LogP contribution is 2.28. The number of rotatable bonds is 0. The van der Waals surface area contributed by atoms with Gasteiger partial charge in [-0.25, -0.2) is 0 Å². The molecular formula is C9H9NO. The molecule has 0 aliphatic heterocycles. The summed E-state index contributed by atoms with van der Waals surface area (Å²) in [5, 5.41) is 9.13. The van der Waals surface area contributed by atoms with E-state index in [2.05, 4.69) is 0 Å². The molecule has 0 fully saturated rings. The number of phenols is 1. The maximum atomic E-state index is 9.13. The van der Waals surface area contributed by atoms with Crippen LogP contribution < -0.4 is 5.73 Å². The second-order valence-electron chi connectivity index (χ2n) is 2.70. The molecule has 0 spiro atoms. The first-order valence-electron chi connectivity index (χ1n) is 3.54. The summed E-state index contributed by atoms with van der Waals surface area (Å²) in [6.45, 7) is 0. The van der Waals surface area contributed by atoms with Gasteiger partial charge < -0.3 is 10.8 Å². The van der Waals surface area contributed by atoms with E-state index in [9.17, 15) is 0 Å². The topological polar surface area (TPSA) is 46.2 Å². The minimum absolute atomic E-state index is 0.0444. The minimum Gasteiger partial charge on any atom is -0.508 e. The molecule has 1 aromatic carbocycles. The van der Waals surface area contributed by atoms with E-state index >= 15 is 0 Å². The standard InChI is InChI=1S/C9H9NO/c10-9-4-2-6-1-3-7(11)5-8(6)9/h1-5,9,11H,10H2/t9-/m0/s1. The number of nitrogens with two attached hydrogens (primary N) is 1. The molecule has 0 unspecified atom stereocenters. The smallest absolute Gasteiger partial charge is 0.115 e. The first kappa shape index (κ1) is 6.43. The summed E-state index contributed by atoms with van der Waals surface area (Å²) < 4.78 is 0. The van der Waals surface area contributed by atoms with Gasteiger partial charge in [-0.05, 0) is 23.3 Å². The van der Waals surface area contributed by atoms with E-state index in [-0.39, 0.29) is 11.8 Å². The van der Waals surface area contributed by atoms with Gasteiger partial charge in [0.25, 0.3) is 0 Å². The lowest BCUT2D eigenvalue weighted by Crippen LogP contribution is -2.03. The molecule has 1 aliphatic rings. The zero-order valence-corrected chi connectivity index (χ0v) is 5.99. The Labute approximate surface area is 65.0 Å². The molecule has 1 aliphatic carbocycles. The van der Waals surface area contributed by atoms with Crippen molar-refractivity contribution in [1.82, 2.24) is 0 Å². The van der Waals surface area contributed by atoms with Crippen molar-refractivity contribution in [2.45, 2.75) is 6.04 Å². The summed E-state index contributed by atoms with van der Waals surface area (Å²) in [6.07, 6.45) is 3.89. The van der Waals surface area contributed by atoms with Crippen LogP contribution >= 0.6 is 0 Å². The van der Waals surface area contributed by atoms with Crippen LogP contribution in [0.2, 0.25) is 0 Å². The van der Waals surface area contributed by atoms with Crippen LogP contribution in [-0.4, -0.2) is 5.11 Å². The Bertz CT molecular complexity index is 317. The number of hydrogen-bond donors (Lipinski definition) is 2. The quantitative estimate of drug-likeness (QED) is 0.583. The van der Waals surface area contributed by atoms with Gasteiger partial charge >= 0.3 is 0 Å². The van der Waals surface area contributed by atoms with Crippen molar-refractivity contribution < 1.29 is 5.11 Å². The van der Waals surface area contributed by atoms with E-state index in [1.807, 2.05) is 18.2 Å². The lowest BCUT2D eigenvalue weighted by atomic mass is 10.1. The van der Waals surface area contributed by atoms with Crippen LogP contribution in [0.15, 0.2) is 24.3 Å². The van der Waals surface area contributed by atoms with Gasteiger partial charge in [-0.1, -0.05) is 18.2 Å². The fourth-order valence-corrected chi connectivity index (χ4v) is 1.31. The van der Waals surface area contributed by atoms with Crippen LogP contribution in [0.1, 0.15) is 17.2 Å². The molecule has 1 aromatic rings. The molecule has 0 saturated carbocycles. The molecule has 2 rings (SSSR count). The van der Waals surface area contributed by atoms with Crippen molar-refractivity contribution in [3.05, 3.63) is 35.4 Å². The number of benzene rings is 1. The van der Waals surface area contributed by atoms with Crippen LogP contribution in [0.4, 0.5) is 0 Å². The fourth-order valence-electron chi connectivity index (χ4n) is 1.31. The van der Waals surface area contributed by atoms with Crippen LogP contribution in [0.5, 0.6) is 5.75 Å². The summed E-state index contributed by atoms with van der Waals surface area (Å²) >= 11 is 0. The van der Waals surface area contributed by atoms with Crippen LogP contribution in [0, 0.1) is 0 Å². The molecule has 0 heterocycles. The van der Waals surface area contributed by atoms with Gasteiger partial charge in [0.2, 0.25) is 0 Å². The van der Waals surface area contributed by atoms with E-state index in [0.29, 0.717) is 0 Å². The maximum Gasteiger partial charge on any atom is 0.115 e. The SMILES string of the molecule is N[C@H]1C=Cc2ccc(O)cc21. The first-order valence-corrected chi connectivity index (χ1v) is 3.54. The van der Waals surface area contributed by atoms with Gasteiger partial charge in [-0.3, -0.25) is 0 Å². The average molecular weight is 147 g/mol. The third-order valence-corrected chi connectivity index (χ3v) is 1.91. The molecule has 0 saturated heterocycles. The molecule has 0 radical (unpaired) electrons. The summed E-state index contributed by atoms with van der Waals surface area (Å²) in [5.41, 5.74) is 7.83. The Hall–Kier alpha value is -1.28. The molecule has 1 atom stereocenters. The van der Waals surface area contributed by atoms with Crippen LogP contribution in [0.3, 0.4) is 0 Å². The molecule has 56 valence electrons. The van der Waals surface area contributed by atoms with Gasteiger partial charge in [-0.15, -0.1) is 0 Å². The fraction of sp³-hybridized carbons (Fsp3) is 0.111. The van der Waals surface area contributed by atoms with Gasteiger partial charge in [0.1, 0.15) is 5.75 Å². The number of hydrogen-bond acceptors (Lipinski definition) is 2. The highest BCUT2D eigenvalue weighted by molar-refractivity contribution is 5.63. The van der Waals surface area contributed by atoms with E-state index in [1.54, 1.807) is 12.1 Å². The van der Waals surface area contributed by atoms with E-state index in [1.165, 1.54) is 0 Å². The number of phenolic OH excluding ortho intramolecular Hbond substituents is 1. The Morgan fingerprint density at radius 1 is 1.36 bits per heavy atom. The predicted octanol–water partition coefficient (Wildman–Crippen LogP) is 1.42. The third kappa shape index (κ3) is 0.917. The Morgan fingerprint density at radius 3 is 3.00 bits per heavy atom. The summed E-state index contributed by atoms with van der Waals surface area (Å²) in [4.78, 5) is 0. The van der Waals surface area contributed by atoms with E-state index < -0.39 is 0 Å². The largest absolute Gasteiger partial charge is 0.508 e. The van der Waals surface area contributed by atoms with Gasteiger partial charge in [-0.2, -0.15) is 0 Å². The normalized spacial score (nSPS) is 20.3. The highest BCUT2D eigenvalue weighted by Gasteiger charge is 2.12. The lowest BCUT2D eigenvalue weighted by molar-refractivity contribution is 0.474. The summed E-state index contributed by atoms with van der Waals surface area (Å²) in [5.74, 6) is 0.280. The summed E-state index contributed by atoms with van der Waals surface area (Å²) in [6, 6.07) is 5.20. The molecular weight excluding hydrogens is 138 g/mol. The summed E-state index contributed by atoms with van der Waals surface area (Å²) in [7, 11) is 0. The molecule has 2 nitrogen and oxygen atoms in total. The lowest BCUT2D eigenvalue weighted by Gasteiger charge is -2.03. The molecule has 0 amide bonds. The second kappa shape index (κ2) is 2.10. The third-order valence-electron chi connectivity index (χ3n) is 1.91. The second-order valence-corrected chi connectivity index (χ2v) is 2.70. The Morgan fingerprint density at radius 2 is 2.18 bits per heavy atom. The van der Waals surface area contributed by atoms with Crippen LogP contribution in [-0.2, 0) is 0 Å². The zero-order valence-electron chi connectivity index (χ0n) is 5.99. The van der Waals surface area contributed by atoms with Crippen LogP contribution in [0.25, 0.3) is 6.08 Å². The van der Waals surface area contributed by atoms with Crippen molar-refractivity contribution in [2.75, 3.05) is 0 Å². The minimum atomic E-state index is -0.0444. The van der Waals surface area contributed by atoms with Crippen molar-refractivity contribution in [1.29, 1.82) is 0 Å². The Balaban J connectivity index is 2.58. The molecule has 0 aromatic heterocycles. The van der Waals surface area contributed by atoms with Crippen molar-refractivity contribution >= 4 is 6.08 Å². The van der Waals surface area contributed by atoms with E-state index in [4.69, 9.17) is 10.8 Å². The number of aromatic hydroxyl groups is 1. The van der Waals surface area contributed by atoms with Gasteiger partial charge in [0.15, 0.2) is 0 Å². The van der Waals surface area contributed by atoms with E-state index in [0.717, 1.165) is 11.1 Å². The average Bonchev–Trinajstić information content (AvgIpc) is 2.33. The van der Waals surface area contributed by atoms with Gasteiger partial charge in [0, 0.05) is 6.04 Å². The number of fused-ring (bicyclic) bond motifs is 1. The predicted molar refractivity (Wildman–Crippen MR) is 44.1 cm³/mol.